The van der Waals surface area contributed by atoms with E-state index in [1.54, 1.807) is 33.1 Å². The van der Waals surface area contributed by atoms with E-state index < -0.39 is 84.7 Å². The fourth-order valence-electron chi connectivity index (χ4n) is 11.5. The second kappa shape index (κ2) is 19.7. The zero-order chi connectivity index (χ0) is 44.6. The van der Waals surface area contributed by atoms with E-state index in [-0.39, 0.29) is 36.8 Å². The Kier molecular flexibility index (Phi) is 14.6. The van der Waals surface area contributed by atoms with Gasteiger partial charge in [0.2, 0.25) is 0 Å². The monoisotopic (exact) mass is 882 g/mol. The van der Waals surface area contributed by atoms with Crippen molar-refractivity contribution in [1.29, 1.82) is 0 Å². The summed E-state index contributed by atoms with van der Waals surface area (Å²) in [5.74, 6) is -2.27. The first-order valence-electron chi connectivity index (χ1n) is 23.6. The van der Waals surface area contributed by atoms with E-state index in [1.807, 2.05) is 26.0 Å². The van der Waals surface area contributed by atoms with Gasteiger partial charge in [-0.2, -0.15) is 0 Å². The summed E-state index contributed by atoms with van der Waals surface area (Å²) in [7, 11) is 3.15. The number of fused-ring (bicyclic) bond motifs is 2. The SMILES string of the molecule is CO[C@@H]1C[C@H](O[C@H]2C(C)O[C@@H](O[C@H]3C/C=C/C=C4\CO[C@@H]5C(=O)C(C)=C[C@@H](C(=O)O[C@H]6C[C@@H](C/C=C/3C)OC3(CC[C@H](C)[C@@H](C7CCCCC7)O3)C6)[C@]45O)C[C@H]2OC)OC(C)C1=O. The first-order valence-corrected chi connectivity index (χ1v) is 23.6. The van der Waals surface area contributed by atoms with Gasteiger partial charge in [0.1, 0.15) is 35.9 Å². The van der Waals surface area contributed by atoms with E-state index in [9.17, 15) is 19.5 Å². The van der Waals surface area contributed by atoms with Gasteiger partial charge in [0.05, 0.1) is 37.1 Å². The summed E-state index contributed by atoms with van der Waals surface area (Å²) < 4.78 is 63.6. The molecule has 16 atom stereocenters. The van der Waals surface area contributed by atoms with E-state index in [0.29, 0.717) is 61.5 Å². The Morgan fingerprint density at radius 1 is 0.841 bits per heavy atom. The second-order valence-electron chi connectivity index (χ2n) is 19.5. The molecule has 1 spiro atoms. The molecule has 350 valence electrons. The highest BCUT2D eigenvalue weighted by Gasteiger charge is 2.60. The predicted molar refractivity (Wildman–Crippen MR) is 228 cm³/mol. The van der Waals surface area contributed by atoms with Gasteiger partial charge in [-0.05, 0) is 88.4 Å². The molecule has 0 radical (unpaired) electrons. The van der Waals surface area contributed by atoms with Gasteiger partial charge in [-0.1, -0.05) is 56.6 Å². The Labute approximate surface area is 372 Å². The summed E-state index contributed by atoms with van der Waals surface area (Å²) in [6.07, 6.45) is 12.9. The Balaban J connectivity index is 1.06. The predicted octanol–water partition coefficient (Wildman–Crippen LogP) is 6.31. The number of allylic oxidation sites excluding steroid dienone is 2. The van der Waals surface area contributed by atoms with Gasteiger partial charge in [0.25, 0.3) is 0 Å². The summed E-state index contributed by atoms with van der Waals surface area (Å²) in [4.78, 5) is 40.3. The summed E-state index contributed by atoms with van der Waals surface area (Å²) in [5, 5.41) is 12.4. The van der Waals surface area contributed by atoms with Crippen molar-refractivity contribution >= 4 is 17.5 Å². The third-order valence-corrected chi connectivity index (χ3v) is 15.1. The van der Waals surface area contributed by atoms with Gasteiger partial charge in [-0.15, -0.1) is 0 Å². The molecule has 63 heavy (non-hydrogen) atoms. The molecule has 5 saturated heterocycles. The lowest BCUT2D eigenvalue weighted by atomic mass is 9.71. The zero-order valence-corrected chi connectivity index (χ0v) is 38.2. The lowest BCUT2D eigenvalue weighted by Crippen LogP contribution is -2.57. The van der Waals surface area contributed by atoms with Crippen LogP contribution >= 0.6 is 0 Å². The molecule has 14 nitrogen and oxygen atoms in total. The molecular weight excluding hydrogens is 813 g/mol. The smallest absolute Gasteiger partial charge is 0.316 e. The molecule has 6 fully saturated rings. The Hall–Kier alpha value is -2.63. The molecule has 1 N–H and O–H groups in total. The molecule has 0 amide bonds. The average Bonchev–Trinajstić information content (AvgIpc) is 3.61. The molecule has 8 aliphatic rings. The van der Waals surface area contributed by atoms with Crippen LogP contribution in [0.4, 0.5) is 0 Å². The van der Waals surface area contributed by atoms with Crippen molar-refractivity contribution in [2.75, 3.05) is 20.8 Å². The lowest BCUT2D eigenvalue weighted by Gasteiger charge is -2.51. The van der Waals surface area contributed by atoms with Crippen LogP contribution in [0.15, 0.2) is 47.1 Å². The van der Waals surface area contributed by atoms with Crippen molar-refractivity contribution in [3.8, 4) is 0 Å². The van der Waals surface area contributed by atoms with E-state index in [1.165, 1.54) is 26.4 Å². The molecule has 14 heteroatoms. The molecule has 0 aromatic carbocycles. The van der Waals surface area contributed by atoms with Crippen molar-refractivity contribution in [3.05, 3.63) is 47.1 Å². The third kappa shape index (κ3) is 9.78. The van der Waals surface area contributed by atoms with Gasteiger partial charge in [-0.3, -0.25) is 14.4 Å². The number of carbonyl (C=O) groups excluding carboxylic acids is 3. The third-order valence-electron chi connectivity index (χ3n) is 15.1. The normalized spacial score (nSPS) is 46.5. The van der Waals surface area contributed by atoms with E-state index >= 15 is 0 Å². The molecule has 3 unspecified atom stereocenters. The van der Waals surface area contributed by atoms with Crippen LogP contribution in [0.3, 0.4) is 0 Å². The number of ether oxygens (including phenoxy) is 10. The molecule has 2 bridgehead atoms. The van der Waals surface area contributed by atoms with Crippen LogP contribution in [-0.4, -0.2) is 128 Å². The van der Waals surface area contributed by atoms with Gasteiger partial charge < -0.3 is 52.5 Å². The molecule has 0 aromatic rings. The number of aliphatic hydroxyl groups is 1. The number of hydrogen-bond acceptors (Lipinski definition) is 14. The molecule has 2 aliphatic carbocycles. The molecule has 0 aromatic heterocycles. The van der Waals surface area contributed by atoms with Crippen LogP contribution < -0.4 is 0 Å². The van der Waals surface area contributed by atoms with Crippen LogP contribution in [0, 0.1) is 17.8 Å². The molecule has 1 saturated carbocycles. The minimum atomic E-state index is -1.91. The first-order chi connectivity index (χ1) is 30.2. The molecular formula is C49H70O14. The van der Waals surface area contributed by atoms with Gasteiger partial charge in [-0.25, -0.2) is 0 Å². The highest BCUT2D eigenvalue weighted by molar-refractivity contribution is 6.03. The standard InChI is InChI=1S/C49H70O14/c1-27-17-18-34-22-35(25-48(62-34)20-19-28(2)44(63-48)32-13-9-8-10-14-32)59-47(52)36-21-29(3)42(50)46-49(36,53)33(26-56-46)15-11-12-16-37(27)60-40-24-39(55-7)45(31(5)58-40)61-41-23-38(54-6)43(51)30(4)57-41/h11-12,15,17,21,28,30-32,34-41,44-46,53H,8-10,13-14,16,18-20,22-26H2,1-7H3/b12-11+,27-17+,33-15+/t28-,30?,31?,34+,35-,36-,37-,38+,39+,40-,41-,44-,45-,46+,48?,49+/m0/s1. The highest BCUT2D eigenvalue weighted by Crippen LogP contribution is 2.48. The summed E-state index contributed by atoms with van der Waals surface area (Å²) in [6.45, 7) is 9.58. The minimum Gasteiger partial charge on any atom is -0.462 e. The number of carbonyl (C=O) groups is 3. The van der Waals surface area contributed by atoms with E-state index in [0.717, 1.165) is 24.8 Å². The van der Waals surface area contributed by atoms with Crippen molar-refractivity contribution in [3.63, 3.8) is 0 Å². The molecule has 6 heterocycles. The maximum absolute atomic E-state index is 14.4. The van der Waals surface area contributed by atoms with Crippen LogP contribution in [0.2, 0.25) is 0 Å². The number of rotatable bonds is 7. The maximum atomic E-state index is 14.4. The fraction of sp³-hybridized carbons (Fsp3) is 0.776. The number of methoxy groups -OCH3 is 2. The molecule has 6 aliphatic heterocycles. The van der Waals surface area contributed by atoms with E-state index in [4.69, 9.17) is 47.4 Å². The largest absolute Gasteiger partial charge is 0.462 e. The Bertz CT molecular complexity index is 1800. The summed E-state index contributed by atoms with van der Waals surface area (Å²) in [6, 6.07) is 0. The lowest BCUT2D eigenvalue weighted by molar-refractivity contribution is -0.342. The number of hydrogen-bond donors (Lipinski definition) is 1. The topological polar surface area (TPSA) is 164 Å². The number of ketones is 2. The van der Waals surface area contributed by atoms with Crippen molar-refractivity contribution in [2.24, 2.45) is 17.8 Å². The van der Waals surface area contributed by atoms with Crippen molar-refractivity contribution in [1.82, 2.24) is 0 Å². The quantitative estimate of drug-likeness (QED) is 0.224. The van der Waals surface area contributed by atoms with Crippen LogP contribution in [-0.2, 0) is 61.8 Å². The van der Waals surface area contributed by atoms with Gasteiger partial charge in [0.15, 0.2) is 36.0 Å². The minimum absolute atomic E-state index is 0.0132. The zero-order valence-electron chi connectivity index (χ0n) is 38.2. The Morgan fingerprint density at radius 2 is 1.62 bits per heavy atom. The Morgan fingerprint density at radius 3 is 2.38 bits per heavy atom. The van der Waals surface area contributed by atoms with Crippen LogP contribution in [0.5, 0.6) is 0 Å². The summed E-state index contributed by atoms with van der Waals surface area (Å²) >= 11 is 0. The van der Waals surface area contributed by atoms with Crippen LogP contribution in [0.25, 0.3) is 0 Å². The van der Waals surface area contributed by atoms with Crippen LogP contribution in [0.1, 0.15) is 118 Å². The second-order valence-corrected chi connectivity index (χ2v) is 19.5. The highest BCUT2D eigenvalue weighted by atomic mass is 16.7. The average molecular weight is 883 g/mol. The fourth-order valence-corrected chi connectivity index (χ4v) is 11.5. The van der Waals surface area contributed by atoms with Gasteiger partial charge >= 0.3 is 5.97 Å². The van der Waals surface area contributed by atoms with Crippen molar-refractivity contribution in [2.45, 2.75) is 203 Å². The van der Waals surface area contributed by atoms with E-state index in [2.05, 4.69) is 13.0 Å². The van der Waals surface area contributed by atoms with Gasteiger partial charge in [0, 0.05) is 46.3 Å². The first kappa shape index (κ1) is 46.9. The maximum Gasteiger partial charge on any atom is 0.316 e. The van der Waals surface area contributed by atoms with Crippen molar-refractivity contribution < 1.29 is 66.9 Å². The number of Topliss-reactive ketones (excluding diaryl/α,β-unsaturated/α-hetero) is 2. The number of esters is 1. The molecule has 8 rings (SSSR count). The summed E-state index contributed by atoms with van der Waals surface area (Å²) in [5.41, 5.74) is -0.149.